The van der Waals surface area contributed by atoms with Gasteiger partial charge in [0.25, 0.3) is 0 Å². The summed E-state index contributed by atoms with van der Waals surface area (Å²) in [6.07, 6.45) is 1.68. The maximum Gasteiger partial charge on any atom is 0.250 e. The van der Waals surface area contributed by atoms with Crippen molar-refractivity contribution in [2.24, 2.45) is 0 Å². The quantitative estimate of drug-likeness (QED) is 0.700. The third kappa shape index (κ3) is 4.29. The molecular formula is C16H19ClN2O4S3. The number of halogens is 1. The number of hydrogen-bond donors (Lipinski definition) is 2. The Morgan fingerprint density at radius 3 is 2.46 bits per heavy atom. The molecule has 1 heterocycles. The second kappa shape index (κ2) is 7.57. The van der Waals surface area contributed by atoms with Crippen LogP contribution in [-0.4, -0.2) is 29.4 Å². The smallest absolute Gasteiger partial charge is 0.211 e. The lowest BCUT2D eigenvalue weighted by Crippen LogP contribution is -2.34. The number of rotatable bonds is 7. The minimum Gasteiger partial charge on any atom is -0.211 e. The van der Waals surface area contributed by atoms with Gasteiger partial charge < -0.3 is 0 Å². The second-order valence-corrected chi connectivity index (χ2v) is 11.5. The average Bonchev–Trinajstić information content (AvgIpc) is 3.17. The van der Waals surface area contributed by atoms with Crippen LogP contribution in [-0.2, 0) is 32.9 Å². The van der Waals surface area contributed by atoms with Crippen molar-refractivity contribution in [3.8, 4) is 0 Å². The molecule has 0 aliphatic heterocycles. The molecule has 0 fully saturated rings. The summed E-state index contributed by atoms with van der Waals surface area (Å²) in [5.41, 5.74) is 1.80. The van der Waals surface area contributed by atoms with Gasteiger partial charge >= 0.3 is 0 Å². The highest BCUT2D eigenvalue weighted by molar-refractivity contribution is 7.91. The minimum atomic E-state index is -3.64. The number of benzene rings is 1. The summed E-state index contributed by atoms with van der Waals surface area (Å²) in [7, 11) is -7.18. The van der Waals surface area contributed by atoms with Crippen LogP contribution < -0.4 is 9.44 Å². The number of thiophene rings is 1. The molecule has 10 heteroatoms. The molecule has 1 atom stereocenters. The van der Waals surface area contributed by atoms with E-state index in [9.17, 15) is 16.8 Å². The van der Waals surface area contributed by atoms with E-state index in [1.165, 1.54) is 6.07 Å². The lowest BCUT2D eigenvalue weighted by Gasteiger charge is -2.11. The van der Waals surface area contributed by atoms with Crippen LogP contribution in [0.25, 0.3) is 0 Å². The van der Waals surface area contributed by atoms with Gasteiger partial charge in [0.2, 0.25) is 20.0 Å². The lowest BCUT2D eigenvalue weighted by molar-refractivity contribution is 0.557. The van der Waals surface area contributed by atoms with Crippen molar-refractivity contribution in [2.75, 3.05) is 6.54 Å². The highest BCUT2D eigenvalue weighted by Gasteiger charge is 2.28. The maximum absolute atomic E-state index is 12.4. The predicted octanol–water partition coefficient (Wildman–Crippen LogP) is 2.54. The molecule has 1 aliphatic carbocycles. The zero-order valence-corrected chi connectivity index (χ0v) is 17.2. The molecule has 0 amide bonds. The van der Waals surface area contributed by atoms with Gasteiger partial charge in [-0.2, -0.15) is 0 Å². The minimum absolute atomic E-state index is 0.172. The molecule has 0 saturated carbocycles. The van der Waals surface area contributed by atoms with Crippen molar-refractivity contribution >= 4 is 43.0 Å². The van der Waals surface area contributed by atoms with Crippen LogP contribution in [0.4, 0.5) is 0 Å². The number of nitrogens with one attached hydrogen (secondary N) is 2. The summed E-state index contributed by atoms with van der Waals surface area (Å²) in [5, 5.41) is 0. The molecule has 0 radical (unpaired) electrons. The molecule has 6 nitrogen and oxygen atoms in total. The molecule has 1 unspecified atom stereocenters. The highest BCUT2D eigenvalue weighted by Crippen LogP contribution is 2.29. The Hall–Kier alpha value is -0.970. The Morgan fingerprint density at radius 1 is 1.08 bits per heavy atom. The first-order valence-corrected chi connectivity index (χ1v) is 12.3. The van der Waals surface area contributed by atoms with Gasteiger partial charge in [0, 0.05) is 12.6 Å². The monoisotopic (exact) mass is 434 g/mol. The number of sulfonamides is 2. The standard InChI is InChI=1S/C16H19ClN2O4S3/c1-2-7-18-25(20,21)14-4-3-11-8-13(9-12(11)10-14)19-26(22,23)16-6-5-15(17)24-16/h3-6,10,13,18-19H,2,7-9H2,1H3. The predicted molar refractivity (Wildman–Crippen MR) is 103 cm³/mol. The van der Waals surface area contributed by atoms with Gasteiger partial charge in [-0.15, -0.1) is 11.3 Å². The van der Waals surface area contributed by atoms with Gasteiger partial charge in [0.15, 0.2) is 0 Å². The first kappa shape index (κ1) is 19.8. The SMILES string of the molecule is CCCNS(=O)(=O)c1ccc2c(c1)CC(NS(=O)(=O)c1ccc(Cl)s1)C2. The van der Waals surface area contributed by atoms with Crippen LogP contribution in [0.3, 0.4) is 0 Å². The largest absolute Gasteiger partial charge is 0.250 e. The van der Waals surface area contributed by atoms with E-state index in [1.807, 2.05) is 6.92 Å². The number of fused-ring (bicyclic) bond motifs is 1. The van der Waals surface area contributed by atoms with Crippen molar-refractivity contribution in [3.05, 3.63) is 45.8 Å². The summed E-state index contributed by atoms with van der Waals surface area (Å²) in [4.78, 5) is 0.207. The molecule has 26 heavy (non-hydrogen) atoms. The lowest BCUT2D eigenvalue weighted by atomic mass is 10.1. The Balaban J connectivity index is 1.75. The van der Waals surface area contributed by atoms with Gasteiger partial charge in [0.05, 0.1) is 9.23 Å². The Labute approximate surface area is 162 Å². The highest BCUT2D eigenvalue weighted by atomic mass is 35.5. The first-order valence-electron chi connectivity index (χ1n) is 8.10. The van der Waals surface area contributed by atoms with Crippen molar-refractivity contribution < 1.29 is 16.8 Å². The Morgan fingerprint density at radius 2 is 1.81 bits per heavy atom. The van der Waals surface area contributed by atoms with Gasteiger partial charge in [-0.1, -0.05) is 24.6 Å². The average molecular weight is 435 g/mol. The molecule has 0 spiro atoms. The Bertz CT molecular complexity index is 1020. The molecule has 1 aromatic heterocycles. The normalized spacial score (nSPS) is 17.4. The van der Waals surface area contributed by atoms with Crippen LogP contribution >= 0.6 is 22.9 Å². The Kier molecular flexibility index (Phi) is 5.76. The van der Waals surface area contributed by atoms with Crippen molar-refractivity contribution in [3.63, 3.8) is 0 Å². The third-order valence-electron chi connectivity index (χ3n) is 4.10. The topological polar surface area (TPSA) is 92.3 Å². The van der Waals surface area contributed by atoms with Crippen molar-refractivity contribution in [1.82, 2.24) is 9.44 Å². The van der Waals surface area contributed by atoms with Crippen LogP contribution in [0.2, 0.25) is 4.34 Å². The summed E-state index contributed by atoms with van der Waals surface area (Å²) in [5.74, 6) is 0. The van der Waals surface area contributed by atoms with Gasteiger partial charge in [0.1, 0.15) is 4.21 Å². The fourth-order valence-electron chi connectivity index (χ4n) is 2.88. The molecule has 3 rings (SSSR count). The van der Waals surface area contributed by atoms with E-state index in [0.29, 0.717) is 30.1 Å². The molecule has 1 aliphatic rings. The fraction of sp³-hybridized carbons (Fsp3) is 0.375. The molecule has 2 aromatic rings. The summed E-state index contributed by atoms with van der Waals surface area (Å²) < 4.78 is 55.2. The molecule has 0 saturated heterocycles. The number of hydrogen-bond acceptors (Lipinski definition) is 5. The first-order chi connectivity index (χ1) is 12.2. The van der Waals surface area contributed by atoms with E-state index in [-0.39, 0.29) is 15.1 Å². The van der Waals surface area contributed by atoms with Crippen LogP contribution in [0, 0.1) is 0 Å². The molecule has 0 bridgehead atoms. The van der Waals surface area contributed by atoms with E-state index >= 15 is 0 Å². The van der Waals surface area contributed by atoms with Crippen LogP contribution in [0.1, 0.15) is 24.5 Å². The fourth-order valence-corrected chi connectivity index (χ4v) is 6.80. The van der Waals surface area contributed by atoms with Crippen LogP contribution in [0.5, 0.6) is 0 Å². The second-order valence-electron chi connectivity index (χ2n) is 6.11. The van der Waals surface area contributed by atoms with E-state index in [1.54, 1.807) is 24.3 Å². The van der Waals surface area contributed by atoms with E-state index in [0.717, 1.165) is 22.5 Å². The van der Waals surface area contributed by atoms with Crippen molar-refractivity contribution in [1.29, 1.82) is 0 Å². The van der Waals surface area contributed by atoms with E-state index < -0.39 is 20.0 Å². The maximum atomic E-state index is 12.4. The summed E-state index contributed by atoms with van der Waals surface area (Å²) >= 11 is 6.82. The van der Waals surface area contributed by atoms with Crippen LogP contribution in [0.15, 0.2) is 39.4 Å². The van der Waals surface area contributed by atoms with E-state index in [2.05, 4.69) is 9.44 Å². The molecular weight excluding hydrogens is 416 g/mol. The molecule has 1 aromatic carbocycles. The summed E-state index contributed by atoms with van der Waals surface area (Å²) in [6.45, 7) is 2.27. The third-order valence-corrected chi connectivity index (χ3v) is 8.80. The molecule has 2 N–H and O–H groups in total. The van der Waals surface area contributed by atoms with Gasteiger partial charge in [-0.05, 0) is 54.7 Å². The zero-order chi connectivity index (χ0) is 18.9. The zero-order valence-electron chi connectivity index (χ0n) is 14.0. The van der Waals surface area contributed by atoms with Gasteiger partial charge in [-0.25, -0.2) is 26.3 Å². The molecule has 142 valence electrons. The van der Waals surface area contributed by atoms with E-state index in [4.69, 9.17) is 11.6 Å². The summed E-state index contributed by atoms with van der Waals surface area (Å²) in [6, 6.07) is 7.66. The van der Waals surface area contributed by atoms with Crippen molar-refractivity contribution in [2.45, 2.75) is 41.3 Å². The van der Waals surface area contributed by atoms with Gasteiger partial charge in [-0.3, -0.25) is 0 Å².